The number of H-pyrrole nitrogens is 2. The van der Waals surface area contributed by atoms with Gasteiger partial charge in [0.25, 0.3) is 5.91 Å². The molecule has 0 saturated carbocycles. The van der Waals surface area contributed by atoms with Crippen molar-refractivity contribution in [3.63, 3.8) is 0 Å². The molecular weight excluding hydrogens is 1800 g/mol. The van der Waals surface area contributed by atoms with Gasteiger partial charge < -0.3 is 45.2 Å². The van der Waals surface area contributed by atoms with Crippen molar-refractivity contribution in [2.45, 2.75) is 19.6 Å². The Morgan fingerprint density at radius 1 is 0.372 bits per heavy atom. The lowest BCUT2D eigenvalue weighted by Gasteiger charge is -2.23. The Hall–Kier alpha value is -14.5. The summed E-state index contributed by atoms with van der Waals surface area (Å²) < 4.78 is 13.3. The van der Waals surface area contributed by atoms with Crippen molar-refractivity contribution in [3.05, 3.63) is 358 Å². The minimum absolute atomic E-state index is 0. The number of nitrogens with one attached hydrogen (secondary N) is 4. The average Bonchev–Trinajstić information content (AvgIpc) is 1.58. The zero-order valence-corrected chi connectivity index (χ0v) is 70.4. The van der Waals surface area contributed by atoms with Gasteiger partial charge in [0.15, 0.2) is 17.5 Å². The smallest absolute Gasteiger partial charge is 0.337 e. The van der Waals surface area contributed by atoms with Gasteiger partial charge in [0, 0.05) is 167 Å². The van der Waals surface area contributed by atoms with Crippen LogP contribution in [0.2, 0.25) is 0 Å². The number of ether oxygens (including phenoxy) is 2. The number of nitrogens with zero attached hydrogens (tertiary/aromatic N) is 20. The minimum atomic E-state index is -0.560. The van der Waals surface area contributed by atoms with Crippen LogP contribution in [-0.4, -0.2) is 140 Å². The Morgan fingerprint density at radius 2 is 0.752 bits per heavy atom. The molecule has 0 unspecified atom stereocenters. The quantitative estimate of drug-likeness (QED) is 0.0144. The number of rotatable bonds is 19. The van der Waals surface area contributed by atoms with Crippen molar-refractivity contribution < 1.29 is 29.1 Å². The molecule has 601 valence electrons. The monoisotopic (exact) mass is 1860 g/mol. The molecule has 0 aliphatic rings. The summed E-state index contributed by atoms with van der Waals surface area (Å²) in [4.78, 5) is 119. The van der Waals surface area contributed by atoms with Gasteiger partial charge in [-0.3, -0.25) is 34.9 Å². The number of carbonyl (C=O) groups excluding carboxylic acids is 3. The number of pyridine rings is 7. The predicted octanol–water partition coefficient (Wildman–Crippen LogP) is 16.8. The van der Waals surface area contributed by atoms with E-state index in [0.717, 1.165) is 96.5 Å². The van der Waals surface area contributed by atoms with E-state index in [-0.39, 0.29) is 20.4 Å². The highest BCUT2D eigenvalue weighted by Gasteiger charge is 2.20. The molecule has 0 aliphatic heterocycles. The molecule has 31 nitrogen and oxygen atoms in total. The average molecular weight is 1870 g/mol. The van der Waals surface area contributed by atoms with Crippen molar-refractivity contribution in [2.24, 2.45) is 0 Å². The van der Waals surface area contributed by atoms with Crippen molar-refractivity contribution in [1.82, 2.24) is 100 Å². The summed E-state index contributed by atoms with van der Waals surface area (Å²) in [5, 5.41) is 13.9. The largest absolute Gasteiger partial charge is 0.465 e. The molecule has 1 amide bonds. The number of aromatic amines is 2. The van der Waals surface area contributed by atoms with Crippen molar-refractivity contribution >= 4 is 164 Å². The van der Waals surface area contributed by atoms with E-state index in [1.165, 1.54) is 20.4 Å². The number of nitrogens with two attached hydrogens (primary N) is 1. The molecule has 14 heterocycles. The Labute approximate surface area is 728 Å². The Kier molecular flexibility index (Phi) is 32.3. The van der Waals surface area contributed by atoms with Gasteiger partial charge in [-0.2, -0.15) is 0 Å². The van der Waals surface area contributed by atoms with Crippen LogP contribution in [0.5, 0.6) is 0 Å². The molecule has 0 bridgehead atoms. The van der Waals surface area contributed by atoms with Gasteiger partial charge in [0.05, 0.1) is 76.0 Å². The highest BCUT2D eigenvalue weighted by molar-refractivity contribution is 9.11. The number of esters is 2. The first-order valence-electron chi connectivity index (χ1n) is 35.9. The third kappa shape index (κ3) is 25.8. The van der Waals surface area contributed by atoms with Crippen LogP contribution in [0.4, 0.5) is 52.4 Å². The zero-order chi connectivity index (χ0) is 83.8. The van der Waals surface area contributed by atoms with Crippen LogP contribution >= 0.6 is 63.7 Å². The molecule has 7 N–H and O–H groups in total. The van der Waals surface area contributed by atoms with E-state index in [9.17, 15) is 14.4 Å². The second kappa shape index (κ2) is 44.8. The number of amides is 1. The SMILES string of the molecule is Brc1ccnc(Br)c1.Brc1ccnc(Nc2cnccn2)c1.COC(=O)c1ccc(CN(c2cnccn2)c2cc(-c3cnc4[nH]ccc4c3)ccn2)cc1.COC(=O)c1ccc(CN(c2cnccn2)c2cc(Br)ccn2)cc1.Nc1cnccn1.O=C(NO)c1ccc(CN(c2cnccn2)c2cc(-c3cnc4[nH]ccc4c3)ccn2)cc1.[B]. The zero-order valence-electron chi connectivity index (χ0n) is 64.1. The summed E-state index contributed by atoms with van der Waals surface area (Å²) in [5.41, 5.74) is 16.7. The molecule has 0 fully saturated rings. The van der Waals surface area contributed by atoms with Crippen molar-refractivity contribution in [1.29, 1.82) is 0 Å². The molecule has 121 heavy (non-hydrogen) atoms. The first-order chi connectivity index (χ1) is 58.6. The molecular formula is C85H69BBr4N25O6. The molecule has 0 atom stereocenters. The van der Waals surface area contributed by atoms with Crippen LogP contribution < -0.4 is 31.2 Å². The highest BCUT2D eigenvalue weighted by atomic mass is 79.9. The Balaban J connectivity index is 0.000000152. The van der Waals surface area contributed by atoms with Gasteiger partial charge >= 0.3 is 11.9 Å². The number of carbonyl (C=O) groups is 3. The molecule has 36 heteroatoms. The maximum atomic E-state index is 11.8. The third-order valence-electron chi connectivity index (χ3n) is 16.9. The fourth-order valence-electron chi connectivity index (χ4n) is 11.1. The second-order valence-corrected chi connectivity index (χ2v) is 28.4. The van der Waals surface area contributed by atoms with Crippen molar-refractivity contribution in [2.75, 3.05) is 40.0 Å². The number of methoxy groups -OCH3 is 2. The minimum Gasteiger partial charge on any atom is -0.465 e. The van der Waals surface area contributed by atoms with E-state index in [1.54, 1.807) is 160 Å². The fourth-order valence-corrected chi connectivity index (χ4v) is 12.8. The summed E-state index contributed by atoms with van der Waals surface area (Å²) in [5.74, 6) is 4.74. The number of halogens is 4. The number of fused-ring (bicyclic) bond motifs is 2. The van der Waals surface area contributed by atoms with E-state index in [0.29, 0.717) is 71.2 Å². The summed E-state index contributed by atoms with van der Waals surface area (Å²) in [6, 6.07) is 48.8. The van der Waals surface area contributed by atoms with Crippen molar-refractivity contribution in [3.8, 4) is 22.3 Å². The second-order valence-electron chi connectivity index (χ2n) is 24.9. The van der Waals surface area contributed by atoms with Gasteiger partial charge in [-0.25, -0.2) is 74.9 Å². The Bertz CT molecular complexity index is 5910. The summed E-state index contributed by atoms with van der Waals surface area (Å²) in [6.45, 7) is 1.47. The van der Waals surface area contributed by atoms with E-state index in [1.807, 2.05) is 149 Å². The van der Waals surface area contributed by atoms with E-state index >= 15 is 0 Å². The van der Waals surface area contributed by atoms with Gasteiger partial charge in [-0.05, 0) is 165 Å². The highest BCUT2D eigenvalue weighted by Crippen LogP contribution is 2.33. The van der Waals surface area contributed by atoms with Crippen LogP contribution in [0, 0.1) is 0 Å². The predicted molar refractivity (Wildman–Crippen MR) is 475 cm³/mol. The number of anilines is 9. The van der Waals surface area contributed by atoms with E-state index in [4.69, 9.17) is 20.4 Å². The molecule has 3 aromatic carbocycles. The first kappa shape index (κ1) is 87.4. The maximum Gasteiger partial charge on any atom is 0.337 e. The first-order valence-corrected chi connectivity index (χ1v) is 39.1. The number of hydrogen-bond donors (Lipinski definition) is 6. The standard InChI is InChI=1S/C25H20N6O2.C24H19N7O2.C18H15BrN4O2.C9H7BrN4.C5H3Br2N.C4H5N3.B/c1-33-25(32)18-4-2-17(3-5-18)16-31(23-15-26-10-11-28-23)22-13-19(6-8-27-22)21-12-20-7-9-29-24(20)30-14-21;32-24(30-33)17-3-1-16(2-4-17)15-31(22-14-25-9-10-27-22)21-12-18(5-7-26-21)20-11-19-6-8-28-23(19)29-13-20;1-25-18(24)14-4-2-13(3-5-14)12-23(17-11-20-8-9-22-17)16-10-15(19)6-7-21-16;10-7-1-2-12-8(5-7)14-9-6-11-3-4-13-9;6-4-1-2-8-5(7)3-4;5-4-3-6-1-2-7-4;/h2-15H,16H2,1H3,(H,29,30);1-14,33H,15H2,(H,28,29)(H,30,32);2-11H,12H2,1H3;1-6H,(H,12,13,14);1-3H;1-3H,(H2,5,7);. The molecule has 17 aromatic rings. The van der Waals surface area contributed by atoms with Crippen LogP contribution in [0.15, 0.2) is 324 Å². The number of benzene rings is 3. The number of hydroxylamine groups is 1. The number of aromatic nitrogens is 19. The third-order valence-corrected chi connectivity index (χ3v) is 18.8. The Morgan fingerprint density at radius 3 is 1.12 bits per heavy atom. The van der Waals surface area contributed by atoms with Crippen LogP contribution in [0.1, 0.15) is 47.8 Å². The number of hydrogen-bond acceptors (Lipinski definition) is 28. The molecule has 0 aliphatic carbocycles. The molecule has 0 saturated heterocycles. The van der Waals surface area contributed by atoms with E-state index < -0.39 is 5.91 Å². The summed E-state index contributed by atoms with van der Waals surface area (Å²) in [6.07, 6.45) is 40.5. The van der Waals surface area contributed by atoms with Gasteiger partial charge in [0.1, 0.15) is 50.8 Å². The van der Waals surface area contributed by atoms with Crippen LogP contribution in [-0.2, 0) is 29.1 Å². The van der Waals surface area contributed by atoms with Crippen LogP contribution in [0.25, 0.3) is 44.3 Å². The molecule has 3 radical (unpaired) electrons. The summed E-state index contributed by atoms with van der Waals surface area (Å²) >= 11 is 13.3. The number of nitrogen functional groups attached to an aromatic ring is 1. The lowest BCUT2D eigenvalue weighted by Crippen LogP contribution is -2.20. The van der Waals surface area contributed by atoms with Gasteiger partial charge in [-0.15, -0.1) is 0 Å². The normalized spacial score (nSPS) is 10.3. The molecule has 0 spiro atoms. The summed E-state index contributed by atoms with van der Waals surface area (Å²) in [7, 11) is 2.74. The van der Waals surface area contributed by atoms with Gasteiger partial charge in [-0.1, -0.05) is 84.2 Å². The lowest BCUT2D eigenvalue weighted by molar-refractivity contribution is 0.0592. The lowest BCUT2D eigenvalue weighted by atomic mass is 10.1. The van der Waals surface area contributed by atoms with Gasteiger partial charge in [0.2, 0.25) is 0 Å². The topological polar surface area (TPSA) is 400 Å². The maximum absolute atomic E-state index is 11.8. The van der Waals surface area contributed by atoms with E-state index in [2.05, 4.69) is 176 Å². The molecule has 17 rings (SSSR count). The fraction of sp³-hybridized carbons (Fsp3) is 0.0588. The van der Waals surface area contributed by atoms with Crippen LogP contribution in [0.3, 0.4) is 0 Å². The molecule has 14 aromatic heterocycles.